The number of halogens is 1. The highest BCUT2D eigenvalue weighted by Crippen LogP contribution is 2.43. The highest BCUT2D eigenvalue weighted by atomic mass is 19.1. The maximum Gasteiger partial charge on any atom is 0.306 e. The van der Waals surface area contributed by atoms with Crippen LogP contribution in [0.5, 0.6) is 0 Å². The SMILES string of the molecule is NC(=O)c1nnc(-c2ccc(NCC3(c4ncccc4F)CCC3)nn2)o1. The topological polar surface area (TPSA) is 133 Å². The highest BCUT2D eigenvalue weighted by molar-refractivity contribution is 5.87. The van der Waals surface area contributed by atoms with Crippen molar-refractivity contribution in [2.24, 2.45) is 5.73 Å². The number of rotatable bonds is 6. The Kier molecular flexibility index (Phi) is 4.22. The van der Waals surface area contributed by atoms with Crippen molar-refractivity contribution in [1.29, 1.82) is 0 Å². The lowest BCUT2D eigenvalue weighted by atomic mass is 9.66. The van der Waals surface area contributed by atoms with E-state index < -0.39 is 5.91 Å². The Balaban J connectivity index is 1.47. The molecule has 1 amide bonds. The zero-order valence-corrected chi connectivity index (χ0v) is 14.2. The van der Waals surface area contributed by atoms with Gasteiger partial charge in [-0.25, -0.2) is 4.39 Å². The van der Waals surface area contributed by atoms with E-state index in [-0.39, 0.29) is 23.0 Å². The van der Waals surface area contributed by atoms with Crippen LogP contribution in [0, 0.1) is 5.82 Å². The van der Waals surface area contributed by atoms with Crippen LogP contribution in [0.3, 0.4) is 0 Å². The van der Waals surface area contributed by atoms with Gasteiger partial charge in [0.15, 0.2) is 0 Å². The van der Waals surface area contributed by atoms with Gasteiger partial charge in [-0.1, -0.05) is 6.42 Å². The number of hydrogen-bond acceptors (Lipinski definition) is 8. The van der Waals surface area contributed by atoms with Crippen molar-refractivity contribution in [3.8, 4) is 11.6 Å². The predicted molar refractivity (Wildman–Crippen MR) is 92.1 cm³/mol. The molecule has 10 heteroatoms. The number of hydrogen-bond donors (Lipinski definition) is 2. The summed E-state index contributed by atoms with van der Waals surface area (Å²) in [6, 6.07) is 6.34. The fraction of sp³-hybridized carbons (Fsp3) is 0.294. The van der Waals surface area contributed by atoms with Crippen molar-refractivity contribution >= 4 is 11.7 Å². The monoisotopic (exact) mass is 369 g/mol. The van der Waals surface area contributed by atoms with Crippen LogP contribution in [0.15, 0.2) is 34.9 Å². The molecule has 0 radical (unpaired) electrons. The highest BCUT2D eigenvalue weighted by Gasteiger charge is 2.41. The van der Waals surface area contributed by atoms with Gasteiger partial charge in [0.1, 0.15) is 17.3 Å². The third-order valence-corrected chi connectivity index (χ3v) is 4.70. The molecule has 3 heterocycles. The lowest BCUT2D eigenvalue weighted by Crippen LogP contribution is -2.42. The summed E-state index contributed by atoms with van der Waals surface area (Å²) in [4.78, 5) is 15.2. The first kappa shape index (κ1) is 17.0. The number of aromatic nitrogens is 5. The van der Waals surface area contributed by atoms with E-state index in [1.807, 2.05) is 0 Å². The number of primary amides is 1. The van der Waals surface area contributed by atoms with Gasteiger partial charge in [-0.3, -0.25) is 9.78 Å². The molecule has 9 nitrogen and oxygen atoms in total. The van der Waals surface area contributed by atoms with Gasteiger partial charge in [-0.05, 0) is 37.1 Å². The van der Waals surface area contributed by atoms with Gasteiger partial charge in [0.25, 0.3) is 5.89 Å². The summed E-state index contributed by atoms with van der Waals surface area (Å²) >= 11 is 0. The number of nitrogens with one attached hydrogen (secondary N) is 1. The number of amides is 1. The number of nitrogens with two attached hydrogens (primary N) is 1. The van der Waals surface area contributed by atoms with E-state index in [2.05, 4.69) is 30.7 Å². The molecule has 27 heavy (non-hydrogen) atoms. The molecule has 0 aromatic carbocycles. The Morgan fingerprint density at radius 1 is 1.22 bits per heavy atom. The zero-order chi connectivity index (χ0) is 18.9. The second-order valence-electron chi connectivity index (χ2n) is 6.40. The van der Waals surface area contributed by atoms with Crippen LogP contribution < -0.4 is 11.1 Å². The van der Waals surface area contributed by atoms with Gasteiger partial charge >= 0.3 is 11.8 Å². The van der Waals surface area contributed by atoms with Crippen molar-refractivity contribution in [3.63, 3.8) is 0 Å². The normalized spacial score (nSPS) is 15.1. The third-order valence-electron chi connectivity index (χ3n) is 4.70. The van der Waals surface area contributed by atoms with Crippen molar-refractivity contribution in [2.75, 3.05) is 11.9 Å². The minimum Gasteiger partial charge on any atom is -0.411 e. The Labute approximate surface area is 153 Å². The molecule has 0 bridgehead atoms. The molecule has 1 fully saturated rings. The van der Waals surface area contributed by atoms with Gasteiger partial charge in [0.05, 0.1) is 5.69 Å². The van der Waals surface area contributed by atoms with Crippen molar-refractivity contribution in [3.05, 3.63) is 47.9 Å². The number of carbonyl (C=O) groups is 1. The first-order valence-electron chi connectivity index (χ1n) is 8.40. The van der Waals surface area contributed by atoms with Gasteiger partial charge in [-0.15, -0.1) is 20.4 Å². The lowest BCUT2D eigenvalue weighted by Gasteiger charge is -2.41. The fourth-order valence-electron chi connectivity index (χ4n) is 3.10. The smallest absolute Gasteiger partial charge is 0.306 e. The number of carbonyl (C=O) groups excluding carboxylic acids is 1. The average Bonchev–Trinajstić information content (AvgIpc) is 3.13. The quantitative estimate of drug-likeness (QED) is 0.671. The largest absolute Gasteiger partial charge is 0.411 e. The molecular weight excluding hydrogens is 353 g/mol. The number of pyridine rings is 1. The van der Waals surface area contributed by atoms with Crippen molar-refractivity contribution in [2.45, 2.75) is 24.7 Å². The molecule has 1 aliphatic carbocycles. The molecule has 4 rings (SSSR count). The second kappa shape index (κ2) is 6.71. The van der Waals surface area contributed by atoms with E-state index in [1.165, 1.54) is 6.07 Å². The number of anilines is 1. The average molecular weight is 369 g/mol. The van der Waals surface area contributed by atoms with Crippen LogP contribution in [-0.2, 0) is 5.41 Å². The van der Waals surface area contributed by atoms with Gasteiger partial charge < -0.3 is 15.5 Å². The molecule has 0 unspecified atom stereocenters. The third kappa shape index (κ3) is 3.21. The number of nitrogens with zero attached hydrogens (tertiary/aromatic N) is 5. The Morgan fingerprint density at radius 2 is 2.07 bits per heavy atom. The van der Waals surface area contributed by atoms with Crippen LogP contribution in [0.25, 0.3) is 11.6 Å². The van der Waals surface area contributed by atoms with Crippen LogP contribution >= 0.6 is 0 Å². The zero-order valence-electron chi connectivity index (χ0n) is 14.2. The standard InChI is InChI=1S/C17H16FN7O2/c18-10-3-1-8-20-13(10)17(6-2-7-17)9-21-12-5-4-11(22-23-12)15-24-25-16(27-15)14(19)26/h1,3-5,8H,2,6-7,9H2,(H2,19,26)(H,21,23). The van der Waals surface area contributed by atoms with Crippen LogP contribution in [0.1, 0.15) is 35.6 Å². The molecule has 0 atom stereocenters. The summed E-state index contributed by atoms with van der Waals surface area (Å²) in [6.45, 7) is 0.501. The molecule has 0 saturated heterocycles. The summed E-state index contributed by atoms with van der Waals surface area (Å²) in [5.74, 6) is -0.821. The molecule has 0 aliphatic heterocycles. The van der Waals surface area contributed by atoms with Gasteiger partial charge in [-0.2, -0.15) is 0 Å². The van der Waals surface area contributed by atoms with Crippen LogP contribution in [-0.4, -0.2) is 37.8 Å². The fourth-order valence-corrected chi connectivity index (χ4v) is 3.10. The summed E-state index contributed by atoms with van der Waals surface area (Å²) in [7, 11) is 0. The van der Waals surface area contributed by atoms with E-state index in [0.29, 0.717) is 23.8 Å². The molecule has 0 spiro atoms. The minimum absolute atomic E-state index is 0.0499. The summed E-state index contributed by atoms with van der Waals surface area (Å²) in [6.07, 6.45) is 4.36. The van der Waals surface area contributed by atoms with Gasteiger partial charge in [0.2, 0.25) is 0 Å². The Morgan fingerprint density at radius 3 is 2.67 bits per heavy atom. The second-order valence-corrected chi connectivity index (χ2v) is 6.40. The molecule has 3 aromatic heterocycles. The first-order chi connectivity index (χ1) is 13.1. The van der Waals surface area contributed by atoms with Gasteiger partial charge in [0, 0.05) is 18.2 Å². The van der Waals surface area contributed by atoms with E-state index in [4.69, 9.17) is 10.2 Å². The summed E-state index contributed by atoms with van der Waals surface area (Å²) in [5, 5.41) is 18.5. The van der Waals surface area contributed by atoms with Crippen molar-refractivity contribution < 1.29 is 13.6 Å². The molecular formula is C17H16FN7O2. The van der Waals surface area contributed by atoms with E-state index in [9.17, 15) is 9.18 Å². The molecule has 3 aromatic rings. The first-order valence-corrected chi connectivity index (χ1v) is 8.40. The minimum atomic E-state index is -0.812. The Hall–Kier alpha value is -3.43. The molecule has 138 valence electrons. The van der Waals surface area contributed by atoms with E-state index >= 15 is 0 Å². The van der Waals surface area contributed by atoms with Crippen LogP contribution in [0.2, 0.25) is 0 Å². The maximum atomic E-state index is 14.2. The summed E-state index contributed by atoms with van der Waals surface area (Å²) in [5.41, 5.74) is 5.53. The Bertz CT molecular complexity index is 969. The molecule has 1 aliphatic rings. The summed E-state index contributed by atoms with van der Waals surface area (Å²) < 4.78 is 19.3. The van der Waals surface area contributed by atoms with E-state index in [0.717, 1.165) is 19.3 Å². The van der Waals surface area contributed by atoms with E-state index in [1.54, 1.807) is 24.4 Å². The van der Waals surface area contributed by atoms with Crippen LogP contribution in [0.4, 0.5) is 10.2 Å². The lowest BCUT2D eigenvalue weighted by molar-refractivity contribution is 0.0968. The maximum absolute atomic E-state index is 14.2. The predicted octanol–water partition coefficient (Wildman–Crippen LogP) is 1.69. The molecule has 1 saturated carbocycles. The molecule has 3 N–H and O–H groups in total. The van der Waals surface area contributed by atoms with Crippen molar-refractivity contribution in [1.82, 2.24) is 25.4 Å².